The second-order valence-electron chi connectivity index (χ2n) is 10.9. The molecule has 0 radical (unpaired) electrons. The summed E-state index contributed by atoms with van der Waals surface area (Å²) >= 11 is 0. The van der Waals surface area contributed by atoms with E-state index in [0.717, 1.165) is 25.7 Å². The van der Waals surface area contributed by atoms with Crippen molar-refractivity contribution in [1.82, 2.24) is 9.80 Å². The summed E-state index contributed by atoms with van der Waals surface area (Å²) in [6.07, 6.45) is 17.7. The van der Waals surface area contributed by atoms with Crippen molar-refractivity contribution in [1.29, 1.82) is 0 Å². The van der Waals surface area contributed by atoms with Gasteiger partial charge in [0.2, 0.25) is 0 Å². The van der Waals surface area contributed by atoms with Crippen molar-refractivity contribution in [2.24, 2.45) is 17.8 Å². The van der Waals surface area contributed by atoms with Crippen LogP contribution in [0.2, 0.25) is 0 Å². The smallest absolute Gasteiger partial charge is 0.0654 e. The molecule has 178 valence electrons. The Morgan fingerprint density at radius 3 is 2.65 bits per heavy atom. The number of nitrogens with zero attached hydrogens (tertiary/aromatic N) is 2. The number of fused-ring (bicyclic) bond motifs is 1. The first-order chi connectivity index (χ1) is 14.9. The van der Waals surface area contributed by atoms with E-state index in [1.165, 1.54) is 64.8 Å². The van der Waals surface area contributed by atoms with Crippen molar-refractivity contribution in [3.63, 3.8) is 0 Å². The molecule has 1 saturated carbocycles. The summed E-state index contributed by atoms with van der Waals surface area (Å²) in [5.41, 5.74) is 1.02. The third-order valence-electron chi connectivity index (χ3n) is 8.00. The fraction of sp³-hybridized carbons (Fsp3) is 0.852. The van der Waals surface area contributed by atoms with E-state index in [2.05, 4.69) is 42.0 Å². The lowest BCUT2D eigenvalue weighted by atomic mass is 9.87. The van der Waals surface area contributed by atoms with E-state index < -0.39 is 5.60 Å². The number of piperazine rings is 1. The number of hydrogen-bond acceptors (Lipinski definition) is 4. The van der Waals surface area contributed by atoms with E-state index in [0.29, 0.717) is 18.3 Å². The van der Waals surface area contributed by atoms with Gasteiger partial charge >= 0.3 is 0 Å². The normalized spacial score (nSPS) is 31.8. The van der Waals surface area contributed by atoms with Crippen LogP contribution in [0.1, 0.15) is 78.1 Å². The molecule has 3 aliphatic rings. The lowest BCUT2D eigenvalue weighted by molar-refractivity contribution is 0.0513. The molecule has 5 atom stereocenters. The zero-order valence-corrected chi connectivity index (χ0v) is 20.4. The molecule has 0 amide bonds. The van der Waals surface area contributed by atoms with Gasteiger partial charge in [0, 0.05) is 32.1 Å². The molecule has 4 heteroatoms. The van der Waals surface area contributed by atoms with Crippen molar-refractivity contribution in [2.75, 3.05) is 39.8 Å². The highest BCUT2D eigenvalue weighted by Crippen LogP contribution is 2.48. The first kappa shape index (κ1) is 25.0. The zero-order chi connectivity index (χ0) is 22.3. The molecule has 4 nitrogen and oxygen atoms in total. The summed E-state index contributed by atoms with van der Waals surface area (Å²) in [5, 5.41) is 21.1. The van der Waals surface area contributed by atoms with E-state index in [4.69, 9.17) is 0 Å². The van der Waals surface area contributed by atoms with Crippen LogP contribution in [0.3, 0.4) is 0 Å². The van der Waals surface area contributed by atoms with Gasteiger partial charge in [0.05, 0.1) is 11.7 Å². The fourth-order valence-electron chi connectivity index (χ4n) is 5.87. The van der Waals surface area contributed by atoms with Gasteiger partial charge in [-0.3, -0.25) is 0 Å². The highest BCUT2D eigenvalue weighted by Gasteiger charge is 2.43. The molecule has 3 rings (SSSR count). The Labute approximate surface area is 191 Å². The maximum atomic E-state index is 10.6. The molecule has 1 saturated heterocycles. The quantitative estimate of drug-likeness (QED) is 0.349. The van der Waals surface area contributed by atoms with Crippen LogP contribution >= 0.6 is 0 Å². The minimum atomic E-state index is -0.612. The summed E-state index contributed by atoms with van der Waals surface area (Å²) in [6.45, 7) is 10.3. The minimum absolute atomic E-state index is 0.215. The van der Waals surface area contributed by atoms with Crippen LogP contribution < -0.4 is 0 Å². The van der Waals surface area contributed by atoms with Crippen LogP contribution in [0.25, 0.3) is 0 Å². The molecule has 2 fully saturated rings. The van der Waals surface area contributed by atoms with Gasteiger partial charge in [-0.2, -0.15) is 0 Å². The van der Waals surface area contributed by atoms with Crippen molar-refractivity contribution in [2.45, 2.75) is 89.8 Å². The molecular formula is C27H48N2O2. The van der Waals surface area contributed by atoms with Gasteiger partial charge in [-0.05, 0) is 77.3 Å². The number of allylic oxidation sites excluding steroid dienone is 2. The standard InChI is InChI=1S/C27H48N2O2/c1-4-5-12-27(2,31)13-9-11-24-25-20-22(19-23(25)21-26(24)30)10-7-6-8-14-29-17-15-28(3)16-18-29/h9,11,19,23-26,30-31H,4-8,10,12-18,20-21H2,1-3H3/b11-9+/t23-,24+,25-,26+,27-/m0/s1. The van der Waals surface area contributed by atoms with Crippen molar-refractivity contribution in [3.05, 3.63) is 23.8 Å². The van der Waals surface area contributed by atoms with E-state index in [1.807, 2.05) is 6.92 Å². The average molecular weight is 433 g/mol. The third-order valence-corrected chi connectivity index (χ3v) is 8.00. The van der Waals surface area contributed by atoms with E-state index >= 15 is 0 Å². The molecule has 0 aromatic carbocycles. The summed E-state index contributed by atoms with van der Waals surface area (Å²) in [6, 6.07) is 0. The molecule has 0 bridgehead atoms. The highest BCUT2D eigenvalue weighted by molar-refractivity contribution is 5.20. The van der Waals surface area contributed by atoms with Gasteiger partial charge in [-0.25, -0.2) is 0 Å². The summed E-state index contributed by atoms with van der Waals surface area (Å²) < 4.78 is 0. The van der Waals surface area contributed by atoms with Gasteiger partial charge < -0.3 is 20.0 Å². The fourth-order valence-corrected chi connectivity index (χ4v) is 5.87. The van der Waals surface area contributed by atoms with Crippen LogP contribution in [0.15, 0.2) is 23.8 Å². The average Bonchev–Trinajstić information content (AvgIpc) is 3.25. The number of hydrogen-bond donors (Lipinski definition) is 2. The van der Waals surface area contributed by atoms with Crippen LogP contribution in [0.4, 0.5) is 0 Å². The summed E-state index contributed by atoms with van der Waals surface area (Å²) in [7, 11) is 2.22. The largest absolute Gasteiger partial charge is 0.392 e. The molecule has 2 N–H and O–H groups in total. The Morgan fingerprint density at radius 2 is 1.90 bits per heavy atom. The lowest BCUT2D eigenvalue weighted by Crippen LogP contribution is -2.44. The van der Waals surface area contributed by atoms with Crippen molar-refractivity contribution in [3.8, 4) is 0 Å². The summed E-state index contributed by atoms with van der Waals surface area (Å²) in [5.74, 6) is 1.40. The second kappa shape index (κ2) is 12.0. The zero-order valence-electron chi connectivity index (χ0n) is 20.4. The number of likely N-dealkylation sites (N-methyl/N-ethyl adjacent to an activating group) is 1. The Kier molecular flexibility index (Phi) is 9.64. The van der Waals surface area contributed by atoms with E-state index in [9.17, 15) is 10.2 Å². The maximum absolute atomic E-state index is 10.6. The van der Waals surface area contributed by atoms with E-state index in [1.54, 1.807) is 5.57 Å². The molecule has 2 aliphatic carbocycles. The van der Waals surface area contributed by atoms with Crippen LogP contribution in [0, 0.1) is 17.8 Å². The predicted molar refractivity (Wildman–Crippen MR) is 130 cm³/mol. The molecule has 1 heterocycles. The van der Waals surface area contributed by atoms with Gasteiger partial charge in [-0.1, -0.05) is 50.0 Å². The number of aliphatic hydroxyl groups is 2. The Bertz CT molecular complexity index is 592. The molecule has 31 heavy (non-hydrogen) atoms. The molecular weight excluding hydrogens is 384 g/mol. The van der Waals surface area contributed by atoms with Gasteiger partial charge in [0.25, 0.3) is 0 Å². The minimum Gasteiger partial charge on any atom is -0.392 e. The number of rotatable bonds is 12. The number of aliphatic hydroxyl groups excluding tert-OH is 1. The second-order valence-corrected chi connectivity index (χ2v) is 10.9. The molecule has 0 unspecified atom stereocenters. The number of unbranched alkanes of at least 4 members (excludes halogenated alkanes) is 3. The van der Waals surface area contributed by atoms with Gasteiger partial charge in [0.15, 0.2) is 0 Å². The molecule has 0 aromatic rings. The third kappa shape index (κ3) is 7.70. The first-order valence-electron chi connectivity index (χ1n) is 13.1. The maximum Gasteiger partial charge on any atom is 0.0654 e. The van der Waals surface area contributed by atoms with Crippen LogP contribution in [-0.2, 0) is 0 Å². The topological polar surface area (TPSA) is 46.9 Å². The van der Waals surface area contributed by atoms with Crippen LogP contribution in [0.5, 0.6) is 0 Å². The van der Waals surface area contributed by atoms with E-state index in [-0.39, 0.29) is 12.0 Å². The molecule has 1 aliphatic heterocycles. The van der Waals surface area contributed by atoms with Gasteiger partial charge in [0.1, 0.15) is 0 Å². The van der Waals surface area contributed by atoms with Gasteiger partial charge in [-0.15, -0.1) is 0 Å². The summed E-state index contributed by atoms with van der Waals surface area (Å²) in [4.78, 5) is 5.05. The molecule has 0 spiro atoms. The lowest BCUT2D eigenvalue weighted by Gasteiger charge is -2.32. The Morgan fingerprint density at radius 1 is 1.13 bits per heavy atom. The monoisotopic (exact) mass is 432 g/mol. The van der Waals surface area contributed by atoms with Crippen molar-refractivity contribution >= 4 is 0 Å². The first-order valence-corrected chi connectivity index (χ1v) is 13.1. The van der Waals surface area contributed by atoms with Crippen molar-refractivity contribution < 1.29 is 10.2 Å². The Balaban J connectivity index is 1.35. The SMILES string of the molecule is CCCC[C@](C)(O)C/C=C/[C@@H]1[C@H]2CC(CCCCCN3CCN(C)CC3)=C[C@H]2C[C@H]1O. The Hall–Kier alpha value is -0.680. The molecule has 0 aromatic heterocycles. The predicted octanol–water partition coefficient (Wildman–Crippen LogP) is 4.63. The van der Waals surface area contributed by atoms with Crippen LogP contribution in [-0.4, -0.2) is 71.5 Å². The highest BCUT2D eigenvalue weighted by atomic mass is 16.3.